The third kappa shape index (κ3) is 4.46. The first-order chi connectivity index (χ1) is 12.3. The smallest absolute Gasteiger partial charge is 0.263 e. The Morgan fingerprint density at radius 2 is 1.76 bits per heavy atom. The van der Waals surface area contributed by atoms with Crippen LogP contribution in [0.2, 0.25) is 0 Å². The minimum absolute atomic E-state index is 0.0528. The van der Waals surface area contributed by atoms with Crippen LogP contribution in [-0.4, -0.2) is 16.7 Å². The third-order valence-electron chi connectivity index (χ3n) is 3.58. The SMILES string of the molecule is Cc1oc(-c2ccco2)nc1C=Cc1ccc(C=CC=CCO)cc1. The topological polar surface area (TPSA) is 59.4 Å². The zero-order chi connectivity index (χ0) is 17.5. The van der Waals surface area contributed by atoms with Gasteiger partial charge >= 0.3 is 0 Å². The van der Waals surface area contributed by atoms with Crippen molar-refractivity contribution >= 4 is 18.2 Å². The summed E-state index contributed by atoms with van der Waals surface area (Å²) in [5.74, 6) is 1.85. The van der Waals surface area contributed by atoms with E-state index in [4.69, 9.17) is 13.9 Å². The number of benzene rings is 1. The summed E-state index contributed by atoms with van der Waals surface area (Å²) in [6, 6.07) is 11.8. The van der Waals surface area contributed by atoms with Crippen LogP contribution in [0.4, 0.5) is 0 Å². The largest absolute Gasteiger partial charge is 0.459 e. The Bertz CT molecular complexity index is 882. The molecule has 4 heteroatoms. The number of allylic oxidation sites excluding steroid dienone is 2. The van der Waals surface area contributed by atoms with Crippen LogP contribution in [0.15, 0.2) is 69.7 Å². The van der Waals surface area contributed by atoms with Gasteiger partial charge in [0.25, 0.3) is 5.89 Å². The van der Waals surface area contributed by atoms with Crippen LogP contribution in [0.25, 0.3) is 29.9 Å². The molecule has 25 heavy (non-hydrogen) atoms. The Balaban J connectivity index is 1.70. The molecule has 4 nitrogen and oxygen atoms in total. The van der Waals surface area contributed by atoms with Gasteiger partial charge in [0.05, 0.1) is 12.9 Å². The van der Waals surface area contributed by atoms with E-state index in [2.05, 4.69) is 4.98 Å². The normalized spacial score (nSPS) is 12.1. The number of rotatable bonds is 6. The summed E-state index contributed by atoms with van der Waals surface area (Å²) in [5, 5.41) is 8.68. The zero-order valence-electron chi connectivity index (χ0n) is 13.9. The van der Waals surface area contributed by atoms with Gasteiger partial charge in [-0.25, -0.2) is 4.98 Å². The molecule has 0 amide bonds. The van der Waals surface area contributed by atoms with Crippen LogP contribution in [0.1, 0.15) is 22.6 Å². The second kappa shape index (κ2) is 8.13. The van der Waals surface area contributed by atoms with Crippen molar-refractivity contribution in [1.82, 2.24) is 4.98 Å². The Labute approximate surface area is 146 Å². The number of aromatic nitrogens is 1. The van der Waals surface area contributed by atoms with Crippen LogP contribution in [-0.2, 0) is 0 Å². The second-order valence-corrected chi connectivity index (χ2v) is 5.41. The Morgan fingerprint density at radius 3 is 2.44 bits per heavy atom. The van der Waals surface area contributed by atoms with E-state index in [0.717, 1.165) is 22.6 Å². The number of hydrogen-bond donors (Lipinski definition) is 1. The van der Waals surface area contributed by atoms with Crippen molar-refractivity contribution in [3.8, 4) is 11.7 Å². The van der Waals surface area contributed by atoms with E-state index in [1.807, 2.05) is 67.6 Å². The molecule has 3 aromatic rings. The molecule has 0 saturated heterocycles. The first kappa shape index (κ1) is 16.7. The van der Waals surface area contributed by atoms with Crippen molar-refractivity contribution in [1.29, 1.82) is 0 Å². The summed E-state index contributed by atoms with van der Waals surface area (Å²) in [6.07, 6.45) is 12.9. The van der Waals surface area contributed by atoms with Crippen LogP contribution in [0.5, 0.6) is 0 Å². The van der Waals surface area contributed by atoms with Gasteiger partial charge < -0.3 is 13.9 Å². The first-order valence-corrected chi connectivity index (χ1v) is 8.00. The fourth-order valence-corrected chi connectivity index (χ4v) is 2.27. The van der Waals surface area contributed by atoms with Gasteiger partial charge in [0.1, 0.15) is 11.5 Å². The standard InChI is InChI=1S/C21H19NO3/c1-16-19(22-21(25-16)20-7-5-15-24-20)13-12-18-10-8-17(9-11-18)6-3-2-4-14-23/h2-13,15,23H,14H2,1H3. The van der Waals surface area contributed by atoms with Gasteiger partial charge in [0.2, 0.25) is 0 Å². The van der Waals surface area contributed by atoms with Gasteiger partial charge in [-0.1, -0.05) is 54.6 Å². The van der Waals surface area contributed by atoms with E-state index in [-0.39, 0.29) is 6.61 Å². The highest BCUT2D eigenvalue weighted by Gasteiger charge is 2.11. The molecule has 0 aliphatic carbocycles. The molecule has 0 unspecified atom stereocenters. The van der Waals surface area contributed by atoms with Crippen LogP contribution in [0, 0.1) is 6.92 Å². The van der Waals surface area contributed by atoms with Gasteiger partial charge in [0.15, 0.2) is 5.76 Å². The Hall–Kier alpha value is -3.11. The van der Waals surface area contributed by atoms with Crippen molar-refractivity contribution < 1.29 is 13.9 Å². The highest BCUT2D eigenvalue weighted by atomic mass is 16.4. The van der Waals surface area contributed by atoms with Gasteiger partial charge in [-0.15, -0.1) is 0 Å². The maximum absolute atomic E-state index is 8.68. The van der Waals surface area contributed by atoms with Crippen molar-refractivity contribution in [3.05, 3.63) is 83.5 Å². The molecule has 126 valence electrons. The minimum Gasteiger partial charge on any atom is -0.459 e. The van der Waals surface area contributed by atoms with E-state index >= 15 is 0 Å². The van der Waals surface area contributed by atoms with Crippen LogP contribution >= 0.6 is 0 Å². The molecule has 0 aliphatic rings. The summed E-state index contributed by atoms with van der Waals surface area (Å²) >= 11 is 0. The molecule has 1 N–H and O–H groups in total. The first-order valence-electron chi connectivity index (χ1n) is 8.00. The molecular formula is C21H19NO3. The van der Waals surface area contributed by atoms with Crippen LogP contribution in [0.3, 0.4) is 0 Å². The van der Waals surface area contributed by atoms with E-state index in [0.29, 0.717) is 11.7 Å². The Morgan fingerprint density at radius 1 is 1.00 bits per heavy atom. The Kier molecular flexibility index (Phi) is 5.44. The van der Waals surface area contributed by atoms with Gasteiger partial charge in [-0.3, -0.25) is 0 Å². The fourth-order valence-electron chi connectivity index (χ4n) is 2.27. The lowest BCUT2D eigenvalue weighted by molar-refractivity contribution is 0.343. The zero-order valence-corrected chi connectivity index (χ0v) is 13.9. The molecule has 0 bridgehead atoms. The van der Waals surface area contributed by atoms with Crippen molar-refractivity contribution in [3.63, 3.8) is 0 Å². The van der Waals surface area contributed by atoms with Gasteiger partial charge in [-0.05, 0) is 36.3 Å². The van der Waals surface area contributed by atoms with E-state index in [1.54, 1.807) is 18.4 Å². The summed E-state index contributed by atoms with van der Waals surface area (Å²) in [5.41, 5.74) is 2.95. The molecule has 3 rings (SSSR count). The molecule has 0 aliphatic heterocycles. The molecule has 1 aromatic carbocycles. The molecule has 2 aromatic heterocycles. The van der Waals surface area contributed by atoms with E-state index in [9.17, 15) is 0 Å². The van der Waals surface area contributed by atoms with E-state index in [1.165, 1.54) is 0 Å². The third-order valence-corrected chi connectivity index (χ3v) is 3.58. The van der Waals surface area contributed by atoms with Gasteiger partial charge in [0, 0.05) is 0 Å². The summed E-state index contributed by atoms with van der Waals surface area (Å²) in [7, 11) is 0. The molecule has 0 spiro atoms. The molecule has 0 fully saturated rings. The highest BCUT2D eigenvalue weighted by Crippen LogP contribution is 2.23. The summed E-state index contributed by atoms with van der Waals surface area (Å²) < 4.78 is 10.9. The summed E-state index contributed by atoms with van der Waals surface area (Å²) in [4.78, 5) is 4.46. The number of aliphatic hydroxyl groups is 1. The van der Waals surface area contributed by atoms with Crippen molar-refractivity contribution in [2.75, 3.05) is 6.61 Å². The average Bonchev–Trinajstić information content (AvgIpc) is 3.28. The number of furan rings is 1. The summed E-state index contributed by atoms with van der Waals surface area (Å²) in [6.45, 7) is 1.93. The molecular weight excluding hydrogens is 314 g/mol. The number of aryl methyl sites for hydroxylation is 1. The number of hydrogen-bond acceptors (Lipinski definition) is 4. The monoisotopic (exact) mass is 333 g/mol. The molecule has 0 atom stereocenters. The predicted octanol–water partition coefficient (Wildman–Crippen LogP) is 4.98. The molecule has 0 saturated carbocycles. The lowest BCUT2D eigenvalue weighted by Gasteiger charge is -1.95. The maximum Gasteiger partial charge on any atom is 0.263 e. The number of oxazole rings is 1. The van der Waals surface area contributed by atoms with Gasteiger partial charge in [-0.2, -0.15) is 0 Å². The maximum atomic E-state index is 8.68. The second-order valence-electron chi connectivity index (χ2n) is 5.41. The van der Waals surface area contributed by atoms with Crippen molar-refractivity contribution in [2.24, 2.45) is 0 Å². The quantitative estimate of drug-likeness (QED) is 0.647. The molecule has 2 heterocycles. The fraction of sp³-hybridized carbons (Fsp3) is 0.0952. The number of nitrogens with zero attached hydrogens (tertiary/aromatic N) is 1. The average molecular weight is 333 g/mol. The lowest BCUT2D eigenvalue weighted by Crippen LogP contribution is -1.78. The minimum atomic E-state index is 0.0528. The predicted molar refractivity (Wildman–Crippen MR) is 99.6 cm³/mol. The number of aliphatic hydroxyl groups excluding tert-OH is 1. The lowest BCUT2D eigenvalue weighted by atomic mass is 10.1. The molecule has 0 radical (unpaired) electrons. The van der Waals surface area contributed by atoms with E-state index < -0.39 is 0 Å². The van der Waals surface area contributed by atoms with Crippen molar-refractivity contribution in [2.45, 2.75) is 6.92 Å². The highest BCUT2D eigenvalue weighted by molar-refractivity contribution is 5.70. The van der Waals surface area contributed by atoms with Crippen LogP contribution < -0.4 is 0 Å².